The summed E-state index contributed by atoms with van der Waals surface area (Å²) in [6, 6.07) is 70.8. The minimum atomic E-state index is -0.241. The highest BCUT2D eigenvalue weighted by molar-refractivity contribution is 6.24. The van der Waals surface area contributed by atoms with Crippen molar-refractivity contribution in [2.45, 2.75) is 38.5 Å². The number of para-hydroxylation sites is 4. The number of aromatic nitrogens is 2. The molecule has 0 bridgehead atoms. The van der Waals surface area contributed by atoms with Gasteiger partial charge in [-0.25, -0.2) is 0 Å². The SMILES string of the molecule is CC1(C)c2ccccc2-c2ccc(N(c3cccc(-n4c5ccccc5c5ccccc54)c3)c3cc4c5c6c3c3ccccc3n6-c3ccccc3-c3cccc(c3-5)C4(C)C)cc21. The van der Waals surface area contributed by atoms with Gasteiger partial charge in [0.15, 0.2) is 0 Å². The second-order valence-electron chi connectivity index (χ2n) is 18.9. The Labute approximate surface area is 366 Å². The number of rotatable bonds is 4. The van der Waals surface area contributed by atoms with Crippen molar-refractivity contribution in [2.24, 2.45) is 0 Å². The third kappa shape index (κ3) is 4.39. The van der Waals surface area contributed by atoms with E-state index in [1.54, 1.807) is 0 Å². The van der Waals surface area contributed by atoms with Crippen molar-refractivity contribution in [1.29, 1.82) is 0 Å². The van der Waals surface area contributed by atoms with Gasteiger partial charge in [0.25, 0.3) is 0 Å². The van der Waals surface area contributed by atoms with Gasteiger partial charge in [-0.05, 0) is 105 Å². The zero-order valence-corrected chi connectivity index (χ0v) is 35.7. The van der Waals surface area contributed by atoms with Crippen molar-refractivity contribution in [3.8, 4) is 44.8 Å². The Morgan fingerprint density at radius 3 is 1.73 bits per heavy atom. The molecule has 2 aromatic heterocycles. The molecule has 0 amide bonds. The lowest BCUT2D eigenvalue weighted by molar-refractivity contribution is 0.660. The molecule has 14 rings (SSSR count). The first kappa shape index (κ1) is 35.0. The van der Waals surface area contributed by atoms with Crippen LogP contribution in [0.2, 0.25) is 0 Å². The van der Waals surface area contributed by atoms with Crippen LogP contribution in [0.5, 0.6) is 0 Å². The second kappa shape index (κ2) is 12.1. The Hall–Kier alpha value is -7.62. The number of nitrogens with zero attached hydrogens (tertiary/aromatic N) is 3. The van der Waals surface area contributed by atoms with Crippen molar-refractivity contribution >= 4 is 60.7 Å². The smallest absolute Gasteiger partial charge is 0.0644 e. The van der Waals surface area contributed by atoms with Crippen molar-refractivity contribution in [3.63, 3.8) is 0 Å². The van der Waals surface area contributed by atoms with Gasteiger partial charge >= 0.3 is 0 Å². The molecule has 3 nitrogen and oxygen atoms in total. The number of anilines is 3. The van der Waals surface area contributed by atoms with E-state index in [9.17, 15) is 0 Å². The molecule has 298 valence electrons. The van der Waals surface area contributed by atoms with Crippen LogP contribution in [0.3, 0.4) is 0 Å². The molecule has 11 aromatic rings. The van der Waals surface area contributed by atoms with Gasteiger partial charge in [-0.3, -0.25) is 0 Å². The van der Waals surface area contributed by atoms with Gasteiger partial charge in [0, 0.05) is 60.6 Å². The predicted molar refractivity (Wildman–Crippen MR) is 264 cm³/mol. The Kier molecular flexibility index (Phi) is 6.70. The summed E-state index contributed by atoms with van der Waals surface area (Å²) in [6.45, 7) is 9.64. The van der Waals surface area contributed by atoms with Gasteiger partial charge in [0.1, 0.15) is 0 Å². The lowest BCUT2D eigenvalue weighted by Crippen LogP contribution is -2.18. The molecule has 3 aliphatic rings. The minimum Gasteiger partial charge on any atom is -0.310 e. The Morgan fingerprint density at radius 1 is 0.381 bits per heavy atom. The molecule has 2 aliphatic carbocycles. The van der Waals surface area contributed by atoms with Crippen LogP contribution in [-0.2, 0) is 10.8 Å². The standard InChI is InChI=1S/C60H43N3/c1-59(2)46-25-10-5-19-39(46)40-32-31-38(34-48(40)59)61(36-17-15-18-37(33-36)62-50-27-11-6-20-41(50)42-21-7-12-28-51(42)62)54-35-49-57-55-44(24-16-26-47(55)60(49,3)4)43-22-8-13-29-52(43)63-53-30-14-9-23-45(53)56(54)58(57)63/h5-35H,1-4H3. The number of fused-ring (bicyclic) bond motifs is 12. The van der Waals surface area contributed by atoms with Gasteiger partial charge in [0.05, 0.1) is 33.4 Å². The van der Waals surface area contributed by atoms with Gasteiger partial charge in [-0.15, -0.1) is 0 Å². The van der Waals surface area contributed by atoms with Gasteiger partial charge in [-0.1, -0.05) is 155 Å². The number of benzene rings is 9. The fourth-order valence-corrected chi connectivity index (χ4v) is 12.2. The predicted octanol–water partition coefficient (Wildman–Crippen LogP) is 15.9. The first-order chi connectivity index (χ1) is 30.8. The summed E-state index contributed by atoms with van der Waals surface area (Å²) in [4.78, 5) is 2.58. The van der Waals surface area contributed by atoms with E-state index in [4.69, 9.17) is 0 Å². The highest BCUT2D eigenvalue weighted by Crippen LogP contribution is 2.61. The zero-order valence-electron chi connectivity index (χ0n) is 35.7. The van der Waals surface area contributed by atoms with Gasteiger partial charge < -0.3 is 14.0 Å². The normalized spacial score (nSPS) is 14.6. The Morgan fingerprint density at radius 2 is 0.952 bits per heavy atom. The van der Waals surface area contributed by atoms with Crippen LogP contribution in [0, 0.1) is 0 Å². The summed E-state index contributed by atoms with van der Waals surface area (Å²) < 4.78 is 5.03. The summed E-state index contributed by atoms with van der Waals surface area (Å²) in [5.41, 5.74) is 23.8. The monoisotopic (exact) mass is 805 g/mol. The van der Waals surface area contributed by atoms with Crippen LogP contribution in [0.15, 0.2) is 188 Å². The summed E-state index contributed by atoms with van der Waals surface area (Å²) in [5.74, 6) is 0. The quantitative estimate of drug-likeness (QED) is 0.173. The van der Waals surface area contributed by atoms with Crippen molar-refractivity contribution in [3.05, 3.63) is 210 Å². The van der Waals surface area contributed by atoms with Gasteiger partial charge in [-0.2, -0.15) is 0 Å². The number of hydrogen-bond acceptors (Lipinski definition) is 1. The fraction of sp³-hybridized carbons (Fsp3) is 0.100. The van der Waals surface area contributed by atoms with Crippen LogP contribution >= 0.6 is 0 Å². The van der Waals surface area contributed by atoms with E-state index in [1.807, 2.05) is 0 Å². The van der Waals surface area contributed by atoms with E-state index in [-0.39, 0.29) is 10.8 Å². The van der Waals surface area contributed by atoms with Crippen LogP contribution in [0.1, 0.15) is 49.9 Å². The first-order valence-corrected chi connectivity index (χ1v) is 22.3. The molecule has 9 aromatic carbocycles. The minimum absolute atomic E-state index is 0.162. The molecular weight excluding hydrogens is 763 g/mol. The van der Waals surface area contributed by atoms with E-state index >= 15 is 0 Å². The van der Waals surface area contributed by atoms with Gasteiger partial charge in [0.2, 0.25) is 0 Å². The maximum atomic E-state index is 2.59. The van der Waals surface area contributed by atoms with E-state index in [0.717, 1.165) is 17.1 Å². The van der Waals surface area contributed by atoms with Crippen molar-refractivity contribution < 1.29 is 0 Å². The topological polar surface area (TPSA) is 13.1 Å². The fourth-order valence-electron chi connectivity index (χ4n) is 12.2. The molecule has 0 fully saturated rings. The Balaban J connectivity index is 1.13. The molecule has 0 spiro atoms. The van der Waals surface area contributed by atoms with Crippen LogP contribution < -0.4 is 4.90 Å². The van der Waals surface area contributed by atoms with Crippen molar-refractivity contribution in [1.82, 2.24) is 9.13 Å². The largest absolute Gasteiger partial charge is 0.310 e. The molecule has 0 atom stereocenters. The van der Waals surface area contributed by atoms with Crippen LogP contribution in [0.4, 0.5) is 17.1 Å². The average Bonchev–Trinajstić information content (AvgIpc) is 3.96. The summed E-state index contributed by atoms with van der Waals surface area (Å²) in [7, 11) is 0. The lowest BCUT2D eigenvalue weighted by Gasteiger charge is -2.31. The summed E-state index contributed by atoms with van der Waals surface area (Å²) >= 11 is 0. The molecule has 0 saturated heterocycles. The average molecular weight is 806 g/mol. The van der Waals surface area contributed by atoms with E-state index in [2.05, 4.69) is 230 Å². The zero-order chi connectivity index (χ0) is 41.9. The highest BCUT2D eigenvalue weighted by Gasteiger charge is 2.43. The first-order valence-electron chi connectivity index (χ1n) is 22.3. The van der Waals surface area contributed by atoms with E-state index in [1.165, 1.54) is 111 Å². The molecular formula is C60H43N3. The maximum Gasteiger partial charge on any atom is 0.0644 e. The number of hydrogen-bond donors (Lipinski definition) is 0. The molecule has 0 saturated carbocycles. The summed E-state index contributed by atoms with van der Waals surface area (Å²) in [6.07, 6.45) is 0. The molecule has 3 heteroatoms. The molecule has 0 unspecified atom stereocenters. The second-order valence-corrected chi connectivity index (χ2v) is 18.9. The van der Waals surface area contributed by atoms with Crippen LogP contribution in [0.25, 0.3) is 88.4 Å². The molecule has 63 heavy (non-hydrogen) atoms. The molecule has 0 radical (unpaired) electrons. The maximum absolute atomic E-state index is 2.59. The Bertz CT molecular complexity index is 3760. The lowest BCUT2D eigenvalue weighted by atomic mass is 9.81. The van der Waals surface area contributed by atoms with Crippen molar-refractivity contribution in [2.75, 3.05) is 4.90 Å². The third-order valence-corrected chi connectivity index (χ3v) is 15.0. The van der Waals surface area contributed by atoms with Crippen LogP contribution in [-0.4, -0.2) is 9.13 Å². The third-order valence-electron chi connectivity index (χ3n) is 15.0. The molecule has 0 N–H and O–H groups in total. The molecule has 1 aliphatic heterocycles. The molecule has 3 heterocycles. The van der Waals surface area contributed by atoms with E-state index in [0.29, 0.717) is 0 Å². The van der Waals surface area contributed by atoms with E-state index < -0.39 is 0 Å². The highest BCUT2D eigenvalue weighted by atomic mass is 15.2. The summed E-state index contributed by atoms with van der Waals surface area (Å²) in [5, 5.41) is 5.04.